The Morgan fingerprint density at radius 1 is 0.657 bits per heavy atom. The molecule has 3 aromatic rings. The molecule has 1 unspecified atom stereocenters. The van der Waals surface area contributed by atoms with Gasteiger partial charge in [0.2, 0.25) is 0 Å². The lowest BCUT2D eigenvalue weighted by molar-refractivity contribution is 0.0616. The molecular weight excluding hydrogens is 912 g/mol. The molecule has 4 nitrogen and oxygen atoms in total. The summed E-state index contributed by atoms with van der Waals surface area (Å²) in [6, 6.07) is 11.5. The van der Waals surface area contributed by atoms with Crippen molar-refractivity contribution in [1.29, 1.82) is 0 Å². The molecule has 0 fully saturated rings. The molecule has 3 rings (SSSR count). The maximum Gasteiger partial charge on any atom is 0.147 e. The van der Waals surface area contributed by atoms with Gasteiger partial charge >= 0.3 is 0 Å². The number of aliphatic hydroxyl groups excluding tert-OH is 1. The SMILES string of the molecule is CC(C)(c1cc(Br)c(O)c(Br)c1)c1cc(Br)c(OCC(O)COc2c(Br)cc(Br)cc2Br)c(Br)c1. The van der Waals surface area contributed by atoms with Crippen LogP contribution in [0.5, 0.6) is 17.2 Å². The summed E-state index contributed by atoms with van der Waals surface area (Å²) in [5.41, 5.74) is 1.67. The Hall–Kier alpha value is 0.380. The fourth-order valence-corrected chi connectivity index (χ4v) is 8.32. The number of benzene rings is 3. The number of rotatable bonds is 8. The number of ether oxygens (including phenoxy) is 2. The second kappa shape index (κ2) is 12.5. The fraction of sp³-hybridized carbons (Fsp3) is 0.250. The minimum atomic E-state index is -0.848. The van der Waals surface area contributed by atoms with Crippen LogP contribution in [0.25, 0.3) is 0 Å². The van der Waals surface area contributed by atoms with E-state index >= 15 is 0 Å². The fourth-order valence-electron chi connectivity index (χ4n) is 3.23. The van der Waals surface area contributed by atoms with E-state index in [1.54, 1.807) is 0 Å². The summed E-state index contributed by atoms with van der Waals surface area (Å²) in [4.78, 5) is 0. The van der Waals surface area contributed by atoms with E-state index in [2.05, 4.69) is 125 Å². The van der Waals surface area contributed by atoms with Crippen LogP contribution in [0.4, 0.5) is 0 Å². The average Bonchev–Trinajstić information content (AvgIpc) is 2.75. The van der Waals surface area contributed by atoms with Crippen molar-refractivity contribution < 1.29 is 19.7 Å². The van der Waals surface area contributed by atoms with Crippen molar-refractivity contribution in [2.45, 2.75) is 25.4 Å². The van der Waals surface area contributed by atoms with Gasteiger partial charge in [-0.3, -0.25) is 0 Å². The van der Waals surface area contributed by atoms with Gasteiger partial charge in [-0.05, 0) is 143 Å². The van der Waals surface area contributed by atoms with Gasteiger partial charge in [0.1, 0.15) is 36.6 Å². The Balaban J connectivity index is 1.72. The average molecular weight is 931 g/mol. The first-order valence-corrected chi connectivity index (χ1v) is 15.6. The van der Waals surface area contributed by atoms with Gasteiger partial charge in [0, 0.05) is 9.89 Å². The van der Waals surface area contributed by atoms with E-state index < -0.39 is 6.10 Å². The van der Waals surface area contributed by atoms with Gasteiger partial charge in [-0.25, -0.2) is 0 Å². The van der Waals surface area contributed by atoms with Crippen LogP contribution in [0, 0.1) is 0 Å². The molecular formula is C24H19Br7O4. The van der Waals surface area contributed by atoms with Gasteiger partial charge in [-0.15, -0.1) is 0 Å². The zero-order chi connectivity index (χ0) is 26.1. The molecule has 3 aromatic carbocycles. The molecule has 2 N–H and O–H groups in total. The highest BCUT2D eigenvalue weighted by Crippen LogP contribution is 2.44. The van der Waals surface area contributed by atoms with Crippen molar-refractivity contribution in [2.24, 2.45) is 0 Å². The number of hydrogen-bond donors (Lipinski definition) is 2. The summed E-state index contributed by atoms with van der Waals surface area (Å²) in [6.45, 7) is 4.31. The number of phenolic OH excluding ortho intramolecular Hbond substituents is 1. The lowest BCUT2D eigenvalue weighted by Gasteiger charge is -2.28. The quantitative estimate of drug-likeness (QED) is 0.236. The molecule has 0 amide bonds. The van der Waals surface area contributed by atoms with E-state index in [1.165, 1.54) is 0 Å². The number of aliphatic hydroxyl groups is 1. The smallest absolute Gasteiger partial charge is 0.147 e. The molecule has 0 aliphatic rings. The summed E-state index contributed by atoms with van der Waals surface area (Å²) in [5, 5.41) is 20.5. The highest BCUT2D eigenvalue weighted by molar-refractivity contribution is 9.12. The number of phenols is 1. The van der Waals surface area contributed by atoms with Gasteiger partial charge in [0.15, 0.2) is 0 Å². The second-order valence-electron chi connectivity index (χ2n) is 8.16. The van der Waals surface area contributed by atoms with E-state index in [9.17, 15) is 10.2 Å². The molecule has 0 spiro atoms. The van der Waals surface area contributed by atoms with Crippen LogP contribution in [0.3, 0.4) is 0 Å². The molecule has 0 aliphatic heterocycles. The van der Waals surface area contributed by atoms with Crippen LogP contribution in [0.1, 0.15) is 25.0 Å². The lowest BCUT2D eigenvalue weighted by atomic mass is 9.78. The Labute approximate surface area is 263 Å². The summed E-state index contributed by atoms with van der Waals surface area (Å²) in [6.07, 6.45) is -0.848. The Morgan fingerprint density at radius 3 is 1.40 bits per heavy atom. The lowest BCUT2D eigenvalue weighted by Crippen LogP contribution is -2.25. The minimum Gasteiger partial charge on any atom is -0.506 e. The molecule has 0 heterocycles. The summed E-state index contributed by atoms with van der Waals surface area (Å²) >= 11 is 24.4. The maximum absolute atomic E-state index is 10.4. The summed E-state index contributed by atoms with van der Waals surface area (Å²) in [7, 11) is 0. The van der Waals surface area contributed by atoms with Crippen molar-refractivity contribution >= 4 is 112 Å². The number of hydrogen-bond acceptors (Lipinski definition) is 4. The third kappa shape index (κ3) is 7.28. The van der Waals surface area contributed by atoms with E-state index in [4.69, 9.17) is 9.47 Å². The molecule has 11 heteroatoms. The predicted molar refractivity (Wildman–Crippen MR) is 164 cm³/mol. The van der Waals surface area contributed by atoms with Crippen molar-refractivity contribution in [3.8, 4) is 17.2 Å². The van der Waals surface area contributed by atoms with Crippen molar-refractivity contribution in [2.75, 3.05) is 13.2 Å². The maximum atomic E-state index is 10.4. The number of aromatic hydroxyl groups is 1. The molecule has 0 bridgehead atoms. The van der Waals surface area contributed by atoms with E-state index in [1.807, 2.05) is 36.4 Å². The van der Waals surface area contributed by atoms with Gasteiger partial charge in [0.05, 0.1) is 26.8 Å². The summed E-state index contributed by atoms with van der Waals surface area (Å²) in [5.74, 6) is 1.36. The van der Waals surface area contributed by atoms with Gasteiger partial charge in [-0.2, -0.15) is 0 Å². The van der Waals surface area contributed by atoms with Gasteiger partial charge in [-0.1, -0.05) is 29.8 Å². The van der Waals surface area contributed by atoms with Crippen LogP contribution >= 0.6 is 112 Å². The molecule has 35 heavy (non-hydrogen) atoms. The Kier molecular flexibility index (Phi) is 10.7. The normalized spacial score (nSPS) is 12.5. The topological polar surface area (TPSA) is 58.9 Å². The third-order valence-electron chi connectivity index (χ3n) is 5.26. The first kappa shape index (κ1) is 29.9. The van der Waals surface area contributed by atoms with Crippen molar-refractivity contribution in [3.05, 3.63) is 78.8 Å². The van der Waals surface area contributed by atoms with Gasteiger partial charge < -0.3 is 19.7 Å². The minimum absolute atomic E-state index is 0.0452. The molecule has 0 radical (unpaired) electrons. The molecule has 0 aromatic heterocycles. The Morgan fingerprint density at radius 2 is 1.00 bits per heavy atom. The molecule has 0 aliphatic carbocycles. The van der Waals surface area contributed by atoms with Crippen molar-refractivity contribution in [1.82, 2.24) is 0 Å². The third-order valence-corrected chi connectivity index (χ3v) is 9.28. The second-order valence-corrected chi connectivity index (χ2v) is 14.2. The zero-order valence-corrected chi connectivity index (χ0v) is 29.4. The van der Waals surface area contributed by atoms with E-state index in [-0.39, 0.29) is 24.4 Å². The van der Waals surface area contributed by atoms with Gasteiger partial charge in [0.25, 0.3) is 0 Å². The first-order valence-electron chi connectivity index (χ1n) is 10.1. The summed E-state index contributed by atoms with van der Waals surface area (Å²) < 4.78 is 16.9. The molecule has 188 valence electrons. The molecule has 0 saturated carbocycles. The van der Waals surface area contributed by atoms with Crippen LogP contribution < -0.4 is 9.47 Å². The standard InChI is InChI=1S/C24H19Br7O4/c1-24(2,11-3-15(26)21(33)16(27)4-11)12-5-17(28)22(18(29)6-12)34-9-14(32)10-35-23-19(30)7-13(25)8-20(23)31/h3-8,14,32-33H,9-10H2,1-2H3. The first-order chi connectivity index (χ1) is 16.3. The highest BCUT2D eigenvalue weighted by atomic mass is 79.9. The Bertz CT molecular complexity index is 1180. The van der Waals surface area contributed by atoms with Crippen molar-refractivity contribution in [3.63, 3.8) is 0 Å². The van der Waals surface area contributed by atoms with Crippen LogP contribution in [0.2, 0.25) is 0 Å². The van der Waals surface area contributed by atoms with E-state index in [0.29, 0.717) is 20.4 Å². The molecule has 1 atom stereocenters. The largest absolute Gasteiger partial charge is 0.506 e. The van der Waals surface area contributed by atoms with E-state index in [0.717, 1.165) is 33.5 Å². The number of halogens is 7. The monoisotopic (exact) mass is 924 g/mol. The van der Waals surface area contributed by atoms with Crippen LogP contribution in [-0.4, -0.2) is 29.5 Å². The highest BCUT2D eigenvalue weighted by Gasteiger charge is 2.27. The van der Waals surface area contributed by atoms with Crippen LogP contribution in [0.15, 0.2) is 67.7 Å². The predicted octanol–water partition coefficient (Wildman–Crippen LogP) is 9.87. The molecule has 0 saturated heterocycles. The van der Waals surface area contributed by atoms with Crippen LogP contribution in [-0.2, 0) is 5.41 Å². The zero-order valence-electron chi connectivity index (χ0n) is 18.3.